The summed E-state index contributed by atoms with van der Waals surface area (Å²) in [5.41, 5.74) is 2.15. The highest BCUT2D eigenvalue weighted by atomic mass is 127. The second-order valence-corrected chi connectivity index (χ2v) is 7.66. The zero-order chi connectivity index (χ0) is 22.1. The third kappa shape index (κ3) is 9.23. The van der Waals surface area contributed by atoms with Crippen molar-refractivity contribution in [1.82, 2.24) is 15.5 Å². The monoisotopic (exact) mass is 562 g/mol. The van der Waals surface area contributed by atoms with E-state index in [-0.39, 0.29) is 29.7 Å². The van der Waals surface area contributed by atoms with Gasteiger partial charge < -0.3 is 15.4 Å². The van der Waals surface area contributed by atoms with Crippen LogP contribution in [0.15, 0.2) is 59.6 Å². The van der Waals surface area contributed by atoms with Crippen LogP contribution in [0.1, 0.15) is 24.0 Å². The minimum Gasteiger partial charge on any atom is -0.484 e. The summed E-state index contributed by atoms with van der Waals surface area (Å²) < 4.78 is 41.8. The average Bonchev–Trinajstić information content (AvgIpc) is 2.77. The lowest BCUT2D eigenvalue weighted by atomic mass is 10.0. The number of nitrogens with zero attached hydrogens (tertiary/aromatic N) is 2. The smallest absolute Gasteiger partial charge is 0.422 e. The fourth-order valence-electron chi connectivity index (χ4n) is 3.56. The molecule has 1 saturated heterocycles. The van der Waals surface area contributed by atoms with Gasteiger partial charge in [0.2, 0.25) is 0 Å². The molecule has 1 fully saturated rings. The molecule has 0 aromatic heterocycles. The number of hydrogen-bond acceptors (Lipinski definition) is 3. The molecule has 0 radical (unpaired) electrons. The van der Waals surface area contributed by atoms with Crippen molar-refractivity contribution in [2.24, 2.45) is 4.99 Å². The normalized spacial score (nSPS) is 15.7. The zero-order valence-corrected chi connectivity index (χ0v) is 20.4. The Morgan fingerprint density at radius 1 is 1.06 bits per heavy atom. The maximum absolute atomic E-state index is 12.3. The number of ether oxygens (including phenoxy) is 1. The first-order chi connectivity index (χ1) is 14.9. The van der Waals surface area contributed by atoms with Crippen LogP contribution in [0.2, 0.25) is 0 Å². The van der Waals surface area contributed by atoms with Gasteiger partial charge in [0, 0.05) is 39.3 Å². The molecule has 0 unspecified atom stereocenters. The molecular weight excluding hydrogens is 532 g/mol. The van der Waals surface area contributed by atoms with E-state index in [1.807, 2.05) is 12.1 Å². The van der Waals surface area contributed by atoms with Crippen LogP contribution in [0.5, 0.6) is 5.75 Å². The maximum atomic E-state index is 12.3. The van der Waals surface area contributed by atoms with Gasteiger partial charge in [-0.1, -0.05) is 42.5 Å². The van der Waals surface area contributed by atoms with E-state index in [1.54, 1.807) is 19.2 Å². The van der Waals surface area contributed by atoms with E-state index in [0.29, 0.717) is 18.5 Å². The SMILES string of the molecule is CN=C(NCc1cccc(OCC(F)(F)F)c1)NC1CCN(Cc2ccccc2)CC1.I. The van der Waals surface area contributed by atoms with Crippen LogP contribution in [-0.4, -0.2) is 49.8 Å². The molecule has 32 heavy (non-hydrogen) atoms. The van der Waals surface area contributed by atoms with Crippen LogP contribution in [0.4, 0.5) is 13.2 Å². The lowest BCUT2D eigenvalue weighted by Gasteiger charge is -2.33. The van der Waals surface area contributed by atoms with E-state index >= 15 is 0 Å². The van der Waals surface area contributed by atoms with Crippen molar-refractivity contribution in [2.75, 3.05) is 26.7 Å². The molecule has 2 aromatic carbocycles. The summed E-state index contributed by atoms with van der Waals surface area (Å²) in [6.07, 6.45) is -2.31. The van der Waals surface area contributed by atoms with Crippen molar-refractivity contribution in [2.45, 2.75) is 38.1 Å². The lowest BCUT2D eigenvalue weighted by molar-refractivity contribution is -0.153. The van der Waals surface area contributed by atoms with Gasteiger partial charge >= 0.3 is 6.18 Å². The van der Waals surface area contributed by atoms with E-state index in [0.717, 1.165) is 38.0 Å². The largest absolute Gasteiger partial charge is 0.484 e. The minimum absolute atomic E-state index is 0. The molecule has 5 nitrogen and oxygen atoms in total. The number of piperidine rings is 1. The highest BCUT2D eigenvalue weighted by molar-refractivity contribution is 14.0. The molecule has 1 aliphatic heterocycles. The molecule has 0 atom stereocenters. The number of halogens is 4. The first-order valence-electron chi connectivity index (χ1n) is 10.4. The lowest BCUT2D eigenvalue weighted by Crippen LogP contribution is -2.48. The molecule has 1 heterocycles. The van der Waals surface area contributed by atoms with Gasteiger partial charge in [-0.05, 0) is 36.1 Å². The number of guanidine groups is 1. The average molecular weight is 562 g/mol. The van der Waals surface area contributed by atoms with Gasteiger partial charge in [0.1, 0.15) is 5.75 Å². The van der Waals surface area contributed by atoms with Crippen molar-refractivity contribution in [3.8, 4) is 5.75 Å². The molecule has 0 spiro atoms. The summed E-state index contributed by atoms with van der Waals surface area (Å²) >= 11 is 0. The quantitative estimate of drug-likeness (QED) is 0.295. The summed E-state index contributed by atoms with van der Waals surface area (Å²) in [5, 5.41) is 6.68. The molecule has 1 aliphatic rings. The number of aliphatic imine (C=N–C) groups is 1. The predicted octanol–water partition coefficient (Wildman–Crippen LogP) is 4.58. The summed E-state index contributed by atoms with van der Waals surface area (Å²) in [6.45, 7) is 2.14. The van der Waals surface area contributed by atoms with Gasteiger partial charge in [-0.15, -0.1) is 24.0 Å². The zero-order valence-electron chi connectivity index (χ0n) is 18.1. The molecule has 176 valence electrons. The molecule has 3 rings (SSSR count). The van der Waals surface area contributed by atoms with Crippen LogP contribution in [0, 0.1) is 0 Å². The van der Waals surface area contributed by atoms with Gasteiger partial charge in [0.05, 0.1) is 0 Å². The first-order valence-corrected chi connectivity index (χ1v) is 10.4. The second kappa shape index (κ2) is 12.9. The number of likely N-dealkylation sites (tertiary alicyclic amines) is 1. The van der Waals surface area contributed by atoms with E-state index in [4.69, 9.17) is 4.74 Å². The second-order valence-electron chi connectivity index (χ2n) is 7.66. The number of hydrogen-bond donors (Lipinski definition) is 2. The Labute approximate surface area is 204 Å². The van der Waals surface area contributed by atoms with Gasteiger partial charge in [-0.3, -0.25) is 9.89 Å². The molecule has 0 amide bonds. The number of nitrogens with one attached hydrogen (secondary N) is 2. The molecule has 2 N–H and O–H groups in total. The Kier molecular flexibility index (Phi) is 10.6. The van der Waals surface area contributed by atoms with Crippen molar-refractivity contribution in [3.05, 3.63) is 65.7 Å². The molecule has 0 bridgehead atoms. The van der Waals surface area contributed by atoms with E-state index < -0.39 is 12.8 Å². The maximum Gasteiger partial charge on any atom is 0.422 e. The molecular formula is C23H30F3IN4O. The van der Waals surface area contributed by atoms with Crippen LogP contribution < -0.4 is 15.4 Å². The van der Waals surface area contributed by atoms with E-state index in [2.05, 4.69) is 44.8 Å². The van der Waals surface area contributed by atoms with Gasteiger partial charge in [-0.25, -0.2) is 0 Å². The minimum atomic E-state index is -4.35. The van der Waals surface area contributed by atoms with Crippen molar-refractivity contribution < 1.29 is 17.9 Å². The summed E-state index contributed by atoms with van der Waals surface area (Å²) in [7, 11) is 1.71. The molecule has 0 saturated carbocycles. The van der Waals surface area contributed by atoms with Gasteiger partial charge in [-0.2, -0.15) is 13.2 Å². The van der Waals surface area contributed by atoms with Crippen molar-refractivity contribution >= 4 is 29.9 Å². The van der Waals surface area contributed by atoms with E-state index in [1.165, 1.54) is 11.6 Å². The summed E-state index contributed by atoms with van der Waals surface area (Å²) in [5.74, 6) is 0.883. The summed E-state index contributed by atoms with van der Waals surface area (Å²) in [4.78, 5) is 6.73. The Hall–Kier alpha value is -2.01. The molecule has 2 aromatic rings. The van der Waals surface area contributed by atoms with Crippen LogP contribution in [0.3, 0.4) is 0 Å². The highest BCUT2D eigenvalue weighted by Crippen LogP contribution is 2.19. The van der Waals surface area contributed by atoms with Crippen LogP contribution >= 0.6 is 24.0 Å². The highest BCUT2D eigenvalue weighted by Gasteiger charge is 2.28. The third-order valence-electron chi connectivity index (χ3n) is 5.16. The van der Waals surface area contributed by atoms with Gasteiger partial charge in [0.25, 0.3) is 0 Å². The van der Waals surface area contributed by atoms with Crippen LogP contribution in [0.25, 0.3) is 0 Å². The topological polar surface area (TPSA) is 48.9 Å². The fraction of sp³-hybridized carbons (Fsp3) is 0.435. The fourth-order valence-corrected chi connectivity index (χ4v) is 3.56. The number of benzene rings is 2. The molecule has 9 heteroatoms. The number of rotatable bonds is 7. The predicted molar refractivity (Wildman–Crippen MR) is 131 cm³/mol. The van der Waals surface area contributed by atoms with E-state index in [9.17, 15) is 13.2 Å². The Balaban J connectivity index is 0.00000363. The Morgan fingerprint density at radius 3 is 2.41 bits per heavy atom. The van der Waals surface area contributed by atoms with Crippen molar-refractivity contribution in [3.63, 3.8) is 0 Å². The summed E-state index contributed by atoms with van der Waals surface area (Å²) in [6, 6.07) is 17.4. The van der Waals surface area contributed by atoms with Crippen molar-refractivity contribution in [1.29, 1.82) is 0 Å². The van der Waals surface area contributed by atoms with Gasteiger partial charge in [0.15, 0.2) is 12.6 Å². The Bertz CT molecular complexity index is 841. The number of alkyl halides is 3. The Morgan fingerprint density at radius 2 is 1.75 bits per heavy atom. The van der Waals surface area contributed by atoms with Crippen LogP contribution in [-0.2, 0) is 13.1 Å². The standard InChI is InChI=1S/C23H29F3N4O.HI/c1-27-22(28-15-19-8-5-9-21(14-19)31-17-23(24,25)26)29-20-10-12-30(13-11-20)16-18-6-3-2-4-7-18;/h2-9,14,20H,10-13,15-17H2,1H3,(H2,27,28,29);1H. The first kappa shape index (κ1) is 26.2. The third-order valence-corrected chi connectivity index (χ3v) is 5.16. The molecule has 0 aliphatic carbocycles.